The molecule has 0 amide bonds. The Kier molecular flexibility index (Phi) is 3.77. The van der Waals surface area contributed by atoms with Crippen molar-refractivity contribution in [1.82, 2.24) is 9.97 Å². The highest BCUT2D eigenvalue weighted by atomic mass is 15.2. The molecule has 0 aliphatic heterocycles. The zero-order valence-corrected chi connectivity index (χ0v) is 11.0. The van der Waals surface area contributed by atoms with Crippen LogP contribution in [0.5, 0.6) is 0 Å². The van der Waals surface area contributed by atoms with Gasteiger partial charge in [0.15, 0.2) is 0 Å². The molecule has 0 atom stereocenters. The van der Waals surface area contributed by atoms with E-state index in [1.807, 2.05) is 14.1 Å². The largest absolute Gasteiger partial charge is 0.372 e. The van der Waals surface area contributed by atoms with E-state index in [2.05, 4.69) is 51.4 Å². The molecule has 0 fully saturated rings. The third kappa shape index (κ3) is 2.97. The summed E-state index contributed by atoms with van der Waals surface area (Å²) < 4.78 is 0. The minimum atomic E-state index is 0.781. The van der Waals surface area contributed by atoms with Gasteiger partial charge in [0.05, 0.1) is 12.4 Å². The van der Waals surface area contributed by atoms with Crippen molar-refractivity contribution in [2.24, 2.45) is 0 Å². The van der Waals surface area contributed by atoms with Crippen LogP contribution in [-0.2, 0) is 6.54 Å². The number of nitrogens with one attached hydrogen (secondary N) is 1. The monoisotopic (exact) mass is 242 g/mol. The Bertz CT molecular complexity index is 507. The average Bonchev–Trinajstić information content (AvgIpc) is 2.41. The predicted molar refractivity (Wildman–Crippen MR) is 74.9 cm³/mol. The van der Waals surface area contributed by atoms with Gasteiger partial charge in [0.1, 0.15) is 11.6 Å². The molecule has 2 aromatic rings. The lowest BCUT2D eigenvalue weighted by atomic mass is 10.1. The lowest BCUT2D eigenvalue weighted by Gasteiger charge is -2.18. The second kappa shape index (κ2) is 5.49. The summed E-state index contributed by atoms with van der Waals surface area (Å²) in [6.07, 6.45) is 3.48. The number of benzene rings is 1. The number of aryl methyl sites for hydroxylation is 1. The molecule has 2 rings (SSSR count). The van der Waals surface area contributed by atoms with Crippen LogP contribution in [0.15, 0.2) is 36.7 Å². The van der Waals surface area contributed by atoms with Gasteiger partial charge in [0.2, 0.25) is 0 Å². The smallest absolute Gasteiger partial charge is 0.149 e. The van der Waals surface area contributed by atoms with Crippen molar-refractivity contribution in [2.75, 3.05) is 24.3 Å². The molecule has 4 nitrogen and oxygen atoms in total. The van der Waals surface area contributed by atoms with E-state index in [4.69, 9.17) is 0 Å². The Balaban J connectivity index is 2.11. The van der Waals surface area contributed by atoms with E-state index in [0.717, 1.165) is 18.2 Å². The Morgan fingerprint density at radius 1 is 1.17 bits per heavy atom. The SMILES string of the molecule is CNc1cncc(N(C)Cc2ccc(C)cc2)n1. The fraction of sp³-hybridized carbons (Fsp3) is 0.286. The molecule has 94 valence electrons. The molecule has 0 unspecified atom stereocenters. The van der Waals surface area contributed by atoms with Gasteiger partial charge >= 0.3 is 0 Å². The maximum Gasteiger partial charge on any atom is 0.149 e. The van der Waals surface area contributed by atoms with Gasteiger partial charge in [-0.3, -0.25) is 4.98 Å². The standard InChI is InChI=1S/C14H18N4/c1-11-4-6-12(7-5-11)10-18(3)14-9-16-8-13(15-2)17-14/h4-9H,10H2,1-3H3,(H,15,17). The molecular weight excluding hydrogens is 224 g/mol. The maximum atomic E-state index is 4.46. The van der Waals surface area contributed by atoms with E-state index >= 15 is 0 Å². The number of hydrogen-bond acceptors (Lipinski definition) is 4. The number of anilines is 2. The van der Waals surface area contributed by atoms with Crippen LogP contribution in [0.4, 0.5) is 11.6 Å². The summed E-state index contributed by atoms with van der Waals surface area (Å²) in [4.78, 5) is 10.7. The lowest BCUT2D eigenvalue weighted by Crippen LogP contribution is -2.18. The van der Waals surface area contributed by atoms with Gasteiger partial charge in [0, 0.05) is 20.6 Å². The highest BCUT2D eigenvalue weighted by Gasteiger charge is 2.04. The van der Waals surface area contributed by atoms with Crippen molar-refractivity contribution >= 4 is 11.6 Å². The molecule has 1 N–H and O–H groups in total. The summed E-state index contributed by atoms with van der Waals surface area (Å²) in [5.41, 5.74) is 2.54. The minimum absolute atomic E-state index is 0.781. The molecule has 1 aromatic carbocycles. The summed E-state index contributed by atoms with van der Waals surface area (Å²) in [6, 6.07) is 8.53. The average molecular weight is 242 g/mol. The van der Waals surface area contributed by atoms with Crippen LogP contribution in [0.1, 0.15) is 11.1 Å². The van der Waals surface area contributed by atoms with Gasteiger partial charge in [0.25, 0.3) is 0 Å². The van der Waals surface area contributed by atoms with Gasteiger partial charge in [-0.1, -0.05) is 29.8 Å². The fourth-order valence-corrected chi connectivity index (χ4v) is 1.71. The molecule has 1 aromatic heterocycles. The normalized spacial score (nSPS) is 10.2. The zero-order valence-electron chi connectivity index (χ0n) is 11.0. The van der Waals surface area contributed by atoms with Crippen molar-refractivity contribution in [1.29, 1.82) is 0 Å². The maximum absolute atomic E-state index is 4.46. The second-order valence-corrected chi connectivity index (χ2v) is 4.35. The molecule has 0 spiro atoms. The summed E-state index contributed by atoms with van der Waals surface area (Å²) in [7, 11) is 3.86. The van der Waals surface area contributed by atoms with Crippen LogP contribution < -0.4 is 10.2 Å². The van der Waals surface area contributed by atoms with Crippen LogP contribution in [0.2, 0.25) is 0 Å². The van der Waals surface area contributed by atoms with Crippen LogP contribution in [-0.4, -0.2) is 24.1 Å². The Labute approximate surface area is 108 Å². The highest BCUT2D eigenvalue weighted by Crippen LogP contribution is 2.14. The number of nitrogens with zero attached hydrogens (tertiary/aromatic N) is 3. The molecular formula is C14H18N4. The molecule has 0 aliphatic rings. The lowest BCUT2D eigenvalue weighted by molar-refractivity contribution is 0.890. The number of hydrogen-bond donors (Lipinski definition) is 1. The Hall–Kier alpha value is -2.10. The first-order valence-corrected chi connectivity index (χ1v) is 5.95. The van der Waals surface area contributed by atoms with E-state index < -0.39 is 0 Å². The second-order valence-electron chi connectivity index (χ2n) is 4.35. The first kappa shape index (κ1) is 12.4. The summed E-state index contributed by atoms with van der Waals surface area (Å²) in [5.74, 6) is 1.64. The zero-order chi connectivity index (χ0) is 13.0. The van der Waals surface area contributed by atoms with Gasteiger partial charge in [-0.25, -0.2) is 4.98 Å². The third-order valence-corrected chi connectivity index (χ3v) is 2.81. The van der Waals surface area contributed by atoms with Gasteiger partial charge in [-0.2, -0.15) is 0 Å². The molecule has 0 bridgehead atoms. The molecule has 0 radical (unpaired) electrons. The van der Waals surface area contributed by atoms with E-state index in [0.29, 0.717) is 0 Å². The molecule has 0 saturated carbocycles. The highest BCUT2D eigenvalue weighted by molar-refractivity contribution is 5.43. The van der Waals surface area contributed by atoms with Gasteiger partial charge in [-0.05, 0) is 12.5 Å². The van der Waals surface area contributed by atoms with Crippen molar-refractivity contribution in [3.05, 3.63) is 47.8 Å². The van der Waals surface area contributed by atoms with E-state index in [1.54, 1.807) is 12.4 Å². The fourth-order valence-electron chi connectivity index (χ4n) is 1.71. The van der Waals surface area contributed by atoms with Crippen molar-refractivity contribution in [3.63, 3.8) is 0 Å². The number of aromatic nitrogens is 2. The van der Waals surface area contributed by atoms with Crippen LogP contribution in [0, 0.1) is 6.92 Å². The van der Waals surface area contributed by atoms with Crippen LogP contribution in [0.25, 0.3) is 0 Å². The summed E-state index contributed by atoms with van der Waals surface area (Å²) in [6.45, 7) is 2.91. The summed E-state index contributed by atoms with van der Waals surface area (Å²) in [5, 5.41) is 2.99. The molecule has 0 saturated heterocycles. The van der Waals surface area contributed by atoms with E-state index in [1.165, 1.54) is 11.1 Å². The third-order valence-electron chi connectivity index (χ3n) is 2.81. The van der Waals surface area contributed by atoms with Crippen molar-refractivity contribution < 1.29 is 0 Å². The summed E-state index contributed by atoms with van der Waals surface area (Å²) >= 11 is 0. The molecule has 18 heavy (non-hydrogen) atoms. The first-order valence-electron chi connectivity index (χ1n) is 5.95. The van der Waals surface area contributed by atoms with E-state index in [-0.39, 0.29) is 0 Å². The Morgan fingerprint density at radius 3 is 2.56 bits per heavy atom. The quantitative estimate of drug-likeness (QED) is 0.894. The molecule has 4 heteroatoms. The molecule has 0 aliphatic carbocycles. The number of rotatable bonds is 4. The predicted octanol–water partition coefficient (Wildman–Crippen LogP) is 2.46. The molecule has 1 heterocycles. The van der Waals surface area contributed by atoms with E-state index in [9.17, 15) is 0 Å². The Morgan fingerprint density at radius 2 is 1.89 bits per heavy atom. The first-order chi connectivity index (χ1) is 8.69. The van der Waals surface area contributed by atoms with Crippen LogP contribution in [0.3, 0.4) is 0 Å². The van der Waals surface area contributed by atoms with Crippen molar-refractivity contribution in [2.45, 2.75) is 13.5 Å². The minimum Gasteiger partial charge on any atom is -0.372 e. The topological polar surface area (TPSA) is 41.1 Å². The van der Waals surface area contributed by atoms with Gasteiger partial charge in [-0.15, -0.1) is 0 Å². The van der Waals surface area contributed by atoms with Crippen LogP contribution >= 0.6 is 0 Å². The van der Waals surface area contributed by atoms with Crippen molar-refractivity contribution in [3.8, 4) is 0 Å². The van der Waals surface area contributed by atoms with Gasteiger partial charge < -0.3 is 10.2 Å².